The molecule has 0 bridgehead atoms. The zero-order valence-electron chi connectivity index (χ0n) is 10.6. The third kappa shape index (κ3) is 2.35. The lowest BCUT2D eigenvalue weighted by atomic mass is 9.79. The number of carbonyl (C=O) groups excluding carboxylic acids is 1. The van der Waals surface area contributed by atoms with Crippen LogP contribution in [0.4, 0.5) is 0 Å². The molecule has 1 aliphatic heterocycles. The summed E-state index contributed by atoms with van der Waals surface area (Å²) in [7, 11) is 0. The summed E-state index contributed by atoms with van der Waals surface area (Å²) in [6.45, 7) is 7.60. The molecule has 4 nitrogen and oxygen atoms in total. The molecule has 0 radical (unpaired) electrons. The summed E-state index contributed by atoms with van der Waals surface area (Å²) in [5.41, 5.74) is 8.62. The van der Waals surface area contributed by atoms with E-state index in [1.54, 1.807) is 5.51 Å². The SMILES string of the molecule is Cc1ncsc1C(=O)N1CCC(N)C(C)(C)C1. The number of amides is 1. The normalized spacial score (nSPS) is 23.8. The number of rotatable bonds is 1. The van der Waals surface area contributed by atoms with Crippen molar-refractivity contribution in [2.45, 2.75) is 33.2 Å². The molecule has 5 heteroatoms. The summed E-state index contributed by atoms with van der Waals surface area (Å²) in [6.07, 6.45) is 0.872. The van der Waals surface area contributed by atoms with Crippen LogP contribution in [-0.4, -0.2) is 34.9 Å². The molecule has 94 valence electrons. The van der Waals surface area contributed by atoms with E-state index in [1.807, 2.05) is 11.8 Å². The minimum absolute atomic E-state index is 0.00744. The highest BCUT2D eigenvalue weighted by Gasteiger charge is 2.36. The van der Waals surface area contributed by atoms with Crippen LogP contribution in [0.3, 0.4) is 0 Å². The molecule has 1 amide bonds. The van der Waals surface area contributed by atoms with Crippen molar-refractivity contribution in [2.75, 3.05) is 13.1 Å². The van der Waals surface area contributed by atoms with Crippen LogP contribution in [0.15, 0.2) is 5.51 Å². The minimum atomic E-state index is -0.00744. The van der Waals surface area contributed by atoms with E-state index in [0.29, 0.717) is 0 Å². The summed E-state index contributed by atoms with van der Waals surface area (Å²) >= 11 is 1.42. The van der Waals surface area contributed by atoms with E-state index < -0.39 is 0 Å². The molecule has 1 aromatic rings. The van der Waals surface area contributed by atoms with Gasteiger partial charge in [-0.1, -0.05) is 13.8 Å². The van der Waals surface area contributed by atoms with E-state index in [1.165, 1.54) is 11.3 Å². The van der Waals surface area contributed by atoms with Crippen molar-refractivity contribution in [2.24, 2.45) is 11.1 Å². The summed E-state index contributed by atoms with van der Waals surface area (Å²) in [6, 6.07) is 0.175. The van der Waals surface area contributed by atoms with Gasteiger partial charge in [0.2, 0.25) is 0 Å². The van der Waals surface area contributed by atoms with Gasteiger partial charge >= 0.3 is 0 Å². The van der Waals surface area contributed by atoms with Crippen LogP contribution in [0.2, 0.25) is 0 Å². The Balaban J connectivity index is 2.15. The zero-order valence-corrected chi connectivity index (χ0v) is 11.4. The first-order valence-corrected chi connectivity index (χ1v) is 6.75. The molecule has 1 unspecified atom stereocenters. The standard InChI is InChI=1S/C12H19N3OS/c1-8-10(17-7-14-8)11(16)15-5-4-9(13)12(2,3)6-15/h7,9H,4-6,13H2,1-3H3. The lowest BCUT2D eigenvalue weighted by Crippen LogP contribution is -2.53. The van der Waals surface area contributed by atoms with Crippen LogP contribution in [-0.2, 0) is 0 Å². The summed E-state index contributed by atoms with van der Waals surface area (Å²) < 4.78 is 0. The molecule has 0 spiro atoms. The molecule has 2 N–H and O–H groups in total. The molecule has 1 aliphatic rings. The van der Waals surface area contributed by atoms with Gasteiger partial charge in [-0.05, 0) is 18.8 Å². The number of piperidine rings is 1. The van der Waals surface area contributed by atoms with Crippen LogP contribution < -0.4 is 5.73 Å². The lowest BCUT2D eigenvalue weighted by molar-refractivity contribution is 0.0536. The van der Waals surface area contributed by atoms with E-state index in [4.69, 9.17) is 5.73 Å². The monoisotopic (exact) mass is 253 g/mol. The van der Waals surface area contributed by atoms with Crippen LogP contribution in [0.1, 0.15) is 35.6 Å². The smallest absolute Gasteiger partial charge is 0.265 e. The predicted octanol–water partition coefficient (Wildman–Crippen LogP) is 1.65. The summed E-state index contributed by atoms with van der Waals surface area (Å²) in [5, 5.41) is 0. The van der Waals surface area contributed by atoms with Crippen molar-refractivity contribution in [3.05, 3.63) is 16.1 Å². The molecule has 1 aromatic heterocycles. The number of aryl methyl sites for hydroxylation is 1. The Hall–Kier alpha value is -0.940. The third-order valence-corrected chi connectivity index (χ3v) is 4.46. The van der Waals surface area contributed by atoms with Gasteiger partial charge in [0.1, 0.15) is 4.88 Å². The predicted molar refractivity (Wildman–Crippen MR) is 69.1 cm³/mol. The molecular formula is C12H19N3OS. The maximum Gasteiger partial charge on any atom is 0.265 e. The van der Waals surface area contributed by atoms with Gasteiger partial charge in [-0.15, -0.1) is 11.3 Å². The van der Waals surface area contributed by atoms with E-state index in [9.17, 15) is 4.79 Å². The van der Waals surface area contributed by atoms with Gasteiger partial charge in [0.15, 0.2) is 0 Å². The fraction of sp³-hybridized carbons (Fsp3) is 0.667. The molecule has 1 saturated heterocycles. The highest BCUT2D eigenvalue weighted by molar-refractivity contribution is 7.11. The number of likely N-dealkylation sites (tertiary alicyclic amines) is 1. The largest absolute Gasteiger partial charge is 0.337 e. The number of thiazole rings is 1. The second kappa shape index (κ2) is 4.38. The van der Waals surface area contributed by atoms with Gasteiger partial charge in [-0.2, -0.15) is 0 Å². The van der Waals surface area contributed by atoms with Gasteiger partial charge in [0, 0.05) is 19.1 Å². The molecule has 0 aliphatic carbocycles. The van der Waals surface area contributed by atoms with E-state index in [2.05, 4.69) is 18.8 Å². The molecule has 0 aromatic carbocycles. The first kappa shape index (κ1) is 12.5. The van der Waals surface area contributed by atoms with Gasteiger partial charge in [-0.25, -0.2) is 4.98 Å². The number of nitrogens with zero attached hydrogens (tertiary/aromatic N) is 2. The number of aromatic nitrogens is 1. The van der Waals surface area contributed by atoms with Gasteiger partial charge < -0.3 is 10.6 Å². The van der Waals surface area contributed by atoms with Crippen molar-refractivity contribution in [3.63, 3.8) is 0 Å². The molecule has 17 heavy (non-hydrogen) atoms. The number of nitrogens with two attached hydrogens (primary N) is 1. The number of carbonyl (C=O) groups is 1. The topological polar surface area (TPSA) is 59.2 Å². The van der Waals surface area contributed by atoms with Crippen molar-refractivity contribution in [1.82, 2.24) is 9.88 Å². The number of hydrogen-bond acceptors (Lipinski definition) is 4. The summed E-state index contributed by atoms with van der Waals surface area (Å²) in [5.74, 6) is 0.102. The maximum atomic E-state index is 12.3. The molecule has 2 rings (SSSR count). The first-order valence-electron chi connectivity index (χ1n) is 5.87. The van der Waals surface area contributed by atoms with Crippen LogP contribution in [0.25, 0.3) is 0 Å². The average Bonchev–Trinajstić information content (AvgIpc) is 2.67. The van der Waals surface area contributed by atoms with Crippen molar-refractivity contribution >= 4 is 17.2 Å². The number of hydrogen-bond donors (Lipinski definition) is 1. The Morgan fingerprint density at radius 3 is 2.88 bits per heavy atom. The van der Waals surface area contributed by atoms with Crippen molar-refractivity contribution in [3.8, 4) is 0 Å². The Morgan fingerprint density at radius 2 is 2.35 bits per heavy atom. The Kier molecular flexibility index (Phi) is 3.23. The quantitative estimate of drug-likeness (QED) is 0.828. The third-order valence-electron chi connectivity index (χ3n) is 3.54. The van der Waals surface area contributed by atoms with Crippen LogP contribution in [0.5, 0.6) is 0 Å². The second-order valence-corrected chi connectivity index (χ2v) is 6.23. The fourth-order valence-corrected chi connectivity index (χ4v) is 2.97. The molecule has 1 fully saturated rings. The second-order valence-electron chi connectivity index (χ2n) is 5.38. The Labute approximate surface area is 106 Å². The highest BCUT2D eigenvalue weighted by atomic mass is 32.1. The average molecular weight is 253 g/mol. The van der Waals surface area contributed by atoms with E-state index in [0.717, 1.165) is 30.1 Å². The van der Waals surface area contributed by atoms with Gasteiger partial charge in [0.05, 0.1) is 11.2 Å². The minimum Gasteiger partial charge on any atom is -0.337 e. The molecular weight excluding hydrogens is 234 g/mol. The Bertz CT molecular complexity index is 427. The van der Waals surface area contributed by atoms with Gasteiger partial charge in [0.25, 0.3) is 5.91 Å². The van der Waals surface area contributed by atoms with E-state index >= 15 is 0 Å². The lowest BCUT2D eigenvalue weighted by Gasteiger charge is -2.42. The molecule has 2 heterocycles. The van der Waals surface area contributed by atoms with Crippen molar-refractivity contribution in [1.29, 1.82) is 0 Å². The Morgan fingerprint density at radius 1 is 1.65 bits per heavy atom. The van der Waals surface area contributed by atoms with E-state index in [-0.39, 0.29) is 17.4 Å². The maximum absolute atomic E-state index is 12.3. The molecule has 1 atom stereocenters. The highest BCUT2D eigenvalue weighted by Crippen LogP contribution is 2.29. The summed E-state index contributed by atoms with van der Waals surface area (Å²) in [4.78, 5) is 19.1. The first-order chi connectivity index (χ1) is 7.92. The van der Waals surface area contributed by atoms with Crippen LogP contribution in [0, 0.1) is 12.3 Å². The molecule has 0 saturated carbocycles. The van der Waals surface area contributed by atoms with Gasteiger partial charge in [-0.3, -0.25) is 4.79 Å². The van der Waals surface area contributed by atoms with Crippen molar-refractivity contribution < 1.29 is 4.79 Å². The van der Waals surface area contributed by atoms with Crippen LogP contribution >= 0.6 is 11.3 Å². The fourth-order valence-electron chi connectivity index (χ4n) is 2.20. The zero-order chi connectivity index (χ0) is 12.6.